The molecule has 0 radical (unpaired) electrons. The van der Waals surface area contributed by atoms with Crippen molar-refractivity contribution in [3.05, 3.63) is 0 Å². The molecule has 0 aliphatic carbocycles. The zero-order chi connectivity index (χ0) is 14.9. The van der Waals surface area contributed by atoms with Gasteiger partial charge >= 0.3 is 0 Å². The minimum atomic E-state index is -3.14. The maximum Gasteiger partial charge on any atom is 0.234 e. The van der Waals surface area contributed by atoms with Gasteiger partial charge in [0.25, 0.3) is 0 Å². The summed E-state index contributed by atoms with van der Waals surface area (Å²) in [6.07, 6.45) is 0.953. The number of carbonyl (C=O) groups is 1. The Hall–Kier alpha value is -0.370. The van der Waals surface area contributed by atoms with E-state index >= 15 is 0 Å². The number of rotatable bonds is 4. The highest BCUT2D eigenvalue weighted by atomic mass is 35.5. The highest BCUT2D eigenvalue weighted by Crippen LogP contribution is 2.23. The highest BCUT2D eigenvalue weighted by Gasteiger charge is 2.38. The van der Waals surface area contributed by atoms with Gasteiger partial charge in [-0.15, -0.1) is 11.6 Å². The molecule has 0 bridgehead atoms. The first-order valence-corrected chi connectivity index (χ1v) is 9.07. The number of likely N-dealkylation sites (tertiary alicyclic amines) is 1. The van der Waals surface area contributed by atoms with Crippen molar-refractivity contribution in [1.29, 1.82) is 0 Å². The second-order valence-electron chi connectivity index (χ2n) is 5.75. The maximum absolute atomic E-state index is 12.0. The molecule has 1 amide bonds. The second kappa shape index (κ2) is 6.17. The van der Waals surface area contributed by atoms with E-state index in [1.165, 1.54) is 0 Å². The van der Waals surface area contributed by atoms with Crippen LogP contribution in [0, 0.1) is 5.92 Å². The maximum atomic E-state index is 12.0. The van der Waals surface area contributed by atoms with Gasteiger partial charge in [0.05, 0.1) is 36.1 Å². The van der Waals surface area contributed by atoms with Gasteiger partial charge in [0.1, 0.15) is 0 Å². The molecule has 0 spiro atoms. The molecular weight excluding hydrogens is 304 g/mol. The third-order valence-electron chi connectivity index (χ3n) is 4.16. The molecule has 20 heavy (non-hydrogen) atoms. The van der Waals surface area contributed by atoms with Crippen LogP contribution in [0.15, 0.2) is 0 Å². The van der Waals surface area contributed by atoms with Gasteiger partial charge in [-0.3, -0.25) is 9.69 Å². The Morgan fingerprint density at radius 3 is 2.70 bits per heavy atom. The molecule has 4 unspecified atom stereocenters. The number of sulfone groups is 1. The topological polar surface area (TPSA) is 86.7 Å². The summed E-state index contributed by atoms with van der Waals surface area (Å²) < 4.78 is 22.9. The number of aliphatic hydroxyl groups is 1. The predicted molar refractivity (Wildman–Crippen MR) is 76.5 cm³/mol. The summed E-state index contributed by atoms with van der Waals surface area (Å²) in [5, 5.41) is 11.5. The van der Waals surface area contributed by atoms with Crippen molar-refractivity contribution >= 4 is 27.3 Å². The Bertz CT molecular complexity index is 470. The molecule has 0 aromatic rings. The van der Waals surface area contributed by atoms with Crippen molar-refractivity contribution in [3.63, 3.8) is 0 Å². The quantitative estimate of drug-likeness (QED) is 0.662. The summed E-state index contributed by atoms with van der Waals surface area (Å²) >= 11 is 5.96. The molecule has 0 aromatic heterocycles. The van der Waals surface area contributed by atoms with E-state index in [4.69, 9.17) is 11.6 Å². The Labute approximate surface area is 124 Å². The fourth-order valence-corrected chi connectivity index (χ4v) is 5.50. The SMILES string of the molecule is CC1CCN(CC(=O)NC2CS(=O)(=O)CC2Cl)C1CO. The molecular formula is C12H21ClN2O4S. The molecule has 2 aliphatic rings. The van der Waals surface area contributed by atoms with E-state index in [9.17, 15) is 18.3 Å². The average Bonchev–Trinajstić information content (AvgIpc) is 2.79. The van der Waals surface area contributed by atoms with Crippen LogP contribution in [-0.2, 0) is 14.6 Å². The van der Waals surface area contributed by atoms with Gasteiger partial charge in [-0.25, -0.2) is 8.42 Å². The average molecular weight is 325 g/mol. The van der Waals surface area contributed by atoms with Crippen molar-refractivity contribution in [1.82, 2.24) is 10.2 Å². The molecule has 2 aliphatic heterocycles. The minimum Gasteiger partial charge on any atom is -0.395 e. The van der Waals surface area contributed by atoms with E-state index < -0.39 is 21.3 Å². The van der Waals surface area contributed by atoms with Gasteiger partial charge in [-0.2, -0.15) is 0 Å². The number of nitrogens with one attached hydrogen (secondary N) is 1. The van der Waals surface area contributed by atoms with Crippen LogP contribution in [0.3, 0.4) is 0 Å². The Morgan fingerprint density at radius 1 is 1.45 bits per heavy atom. The number of nitrogens with zero attached hydrogens (tertiary/aromatic N) is 1. The Morgan fingerprint density at radius 2 is 2.15 bits per heavy atom. The van der Waals surface area contributed by atoms with E-state index in [0.29, 0.717) is 5.92 Å². The lowest BCUT2D eigenvalue weighted by molar-refractivity contribution is -0.123. The molecule has 0 aromatic carbocycles. The highest BCUT2D eigenvalue weighted by molar-refractivity contribution is 7.91. The second-order valence-corrected chi connectivity index (χ2v) is 8.47. The summed E-state index contributed by atoms with van der Waals surface area (Å²) in [7, 11) is -3.14. The third kappa shape index (κ3) is 3.63. The first-order chi connectivity index (χ1) is 9.32. The Kier molecular flexibility index (Phi) is 4.94. The fourth-order valence-electron chi connectivity index (χ4n) is 2.95. The van der Waals surface area contributed by atoms with Crippen molar-refractivity contribution in [2.24, 2.45) is 5.92 Å². The normalized spacial score (nSPS) is 37.1. The van der Waals surface area contributed by atoms with Crippen molar-refractivity contribution in [2.75, 3.05) is 31.2 Å². The number of alkyl halides is 1. The molecule has 0 saturated carbocycles. The summed E-state index contributed by atoms with van der Waals surface area (Å²) in [6, 6.07) is -0.512. The molecule has 8 heteroatoms. The fraction of sp³-hybridized carbons (Fsp3) is 0.917. The smallest absolute Gasteiger partial charge is 0.234 e. The first kappa shape index (κ1) is 16.0. The van der Waals surface area contributed by atoms with E-state index in [0.717, 1.165) is 13.0 Å². The number of carbonyl (C=O) groups excluding carboxylic acids is 1. The molecule has 2 saturated heterocycles. The van der Waals surface area contributed by atoms with Crippen LogP contribution in [0.1, 0.15) is 13.3 Å². The Balaban J connectivity index is 1.87. The van der Waals surface area contributed by atoms with Crippen LogP contribution in [0.4, 0.5) is 0 Å². The summed E-state index contributed by atoms with van der Waals surface area (Å²) in [5.74, 6) is -0.0440. The lowest BCUT2D eigenvalue weighted by Crippen LogP contribution is -2.47. The number of hydrogen-bond donors (Lipinski definition) is 2. The molecule has 2 rings (SSSR count). The number of hydrogen-bond acceptors (Lipinski definition) is 5. The first-order valence-electron chi connectivity index (χ1n) is 6.81. The van der Waals surface area contributed by atoms with Gasteiger partial charge in [0.2, 0.25) is 5.91 Å². The minimum absolute atomic E-state index is 0.000130. The molecule has 2 N–H and O–H groups in total. The van der Waals surface area contributed by atoms with Crippen molar-refractivity contribution < 1.29 is 18.3 Å². The van der Waals surface area contributed by atoms with E-state index in [-0.39, 0.29) is 36.6 Å². The predicted octanol–water partition coefficient (Wildman–Crippen LogP) is -0.790. The summed E-state index contributed by atoms with van der Waals surface area (Å²) in [5.41, 5.74) is 0. The molecule has 4 atom stereocenters. The molecule has 116 valence electrons. The lowest BCUT2D eigenvalue weighted by Gasteiger charge is -2.25. The summed E-state index contributed by atoms with van der Waals surface area (Å²) in [6.45, 7) is 3.03. The van der Waals surface area contributed by atoms with Crippen LogP contribution < -0.4 is 5.32 Å². The van der Waals surface area contributed by atoms with Crippen LogP contribution in [0.2, 0.25) is 0 Å². The van der Waals surface area contributed by atoms with Crippen molar-refractivity contribution in [3.8, 4) is 0 Å². The van der Waals surface area contributed by atoms with E-state index in [2.05, 4.69) is 12.2 Å². The zero-order valence-electron chi connectivity index (χ0n) is 11.5. The number of amides is 1. The standard InChI is InChI=1S/C12H21ClN2O4S/c1-8-2-3-15(11(8)5-16)4-12(17)14-10-7-20(18,19)6-9(10)13/h8-11,16H,2-7H2,1H3,(H,14,17). The van der Waals surface area contributed by atoms with Crippen LogP contribution in [-0.4, -0.2) is 73.0 Å². The number of aliphatic hydroxyl groups excluding tert-OH is 1. The zero-order valence-corrected chi connectivity index (χ0v) is 13.0. The summed E-state index contributed by atoms with van der Waals surface area (Å²) in [4.78, 5) is 13.9. The van der Waals surface area contributed by atoms with Crippen LogP contribution >= 0.6 is 11.6 Å². The van der Waals surface area contributed by atoms with Gasteiger partial charge in [-0.1, -0.05) is 6.92 Å². The van der Waals surface area contributed by atoms with Gasteiger partial charge < -0.3 is 10.4 Å². The largest absolute Gasteiger partial charge is 0.395 e. The van der Waals surface area contributed by atoms with E-state index in [1.807, 2.05) is 4.90 Å². The molecule has 6 nitrogen and oxygen atoms in total. The van der Waals surface area contributed by atoms with Crippen LogP contribution in [0.25, 0.3) is 0 Å². The third-order valence-corrected chi connectivity index (χ3v) is 6.54. The van der Waals surface area contributed by atoms with Gasteiger partial charge in [0.15, 0.2) is 9.84 Å². The molecule has 2 heterocycles. The molecule has 2 fully saturated rings. The van der Waals surface area contributed by atoms with E-state index in [1.54, 1.807) is 0 Å². The number of halogens is 1. The van der Waals surface area contributed by atoms with Gasteiger partial charge in [-0.05, 0) is 18.9 Å². The van der Waals surface area contributed by atoms with Crippen molar-refractivity contribution in [2.45, 2.75) is 30.8 Å². The lowest BCUT2D eigenvalue weighted by atomic mass is 10.0. The van der Waals surface area contributed by atoms with Crippen LogP contribution in [0.5, 0.6) is 0 Å². The monoisotopic (exact) mass is 324 g/mol. The van der Waals surface area contributed by atoms with Gasteiger partial charge in [0, 0.05) is 6.04 Å².